The van der Waals surface area contributed by atoms with Gasteiger partial charge in [0.25, 0.3) is 0 Å². The predicted octanol–water partition coefficient (Wildman–Crippen LogP) is 3.89. The minimum atomic E-state index is -0.479. The number of hydrogen-bond donors (Lipinski definition) is 1. The number of halogens is 1. The third-order valence-electron chi connectivity index (χ3n) is 4.56. The fraction of sp³-hybridized carbons (Fsp3) is 0.500. The topological polar surface area (TPSA) is 77.5 Å². The number of thiophene rings is 1. The van der Waals surface area contributed by atoms with Crippen LogP contribution in [0.4, 0.5) is 5.69 Å². The molecular formula is C18H21ClN2O4S. The second-order valence-corrected chi connectivity index (χ2v) is 7.69. The fourth-order valence-corrected chi connectivity index (χ4v) is 3.99. The summed E-state index contributed by atoms with van der Waals surface area (Å²) in [5.41, 5.74) is 2.12. The van der Waals surface area contributed by atoms with Gasteiger partial charge in [0.05, 0.1) is 30.2 Å². The number of pyridine rings is 1. The summed E-state index contributed by atoms with van der Waals surface area (Å²) in [6, 6.07) is 1.94. The van der Waals surface area contributed by atoms with Crippen LogP contribution in [-0.4, -0.2) is 34.9 Å². The summed E-state index contributed by atoms with van der Waals surface area (Å²) in [5, 5.41) is 3.42. The van der Waals surface area contributed by atoms with Crippen LogP contribution in [0.15, 0.2) is 6.07 Å². The van der Waals surface area contributed by atoms with Gasteiger partial charge in [-0.15, -0.1) is 22.9 Å². The van der Waals surface area contributed by atoms with Gasteiger partial charge < -0.3 is 14.8 Å². The first-order valence-corrected chi connectivity index (χ1v) is 9.88. The van der Waals surface area contributed by atoms with Crippen LogP contribution in [0.1, 0.15) is 48.1 Å². The van der Waals surface area contributed by atoms with Gasteiger partial charge in [-0.05, 0) is 26.3 Å². The van der Waals surface area contributed by atoms with E-state index >= 15 is 0 Å². The molecule has 26 heavy (non-hydrogen) atoms. The van der Waals surface area contributed by atoms with Gasteiger partial charge >= 0.3 is 5.97 Å². The summed E-state index contributed by atoms with van der Waals surface area (Å²) in [7, 11) is 0. The van der Waals surface area contributed by atoms with Crippen LogP contribution < -0.4 is 5.32 Å². The second kappa shape index (κ2) is 7.50. The molecule has 0 fully saturated rings. The number of carbonyl (C=O) groups excluding carboxylic acids is 2. The Kier molecular flexibility index (Phi) is 5.50. The van der Waals surface area contributed by atoms with Gasteiger partial charge in [-0.1, -0.05) is 6.92 Å². The van der Waals surface area contributed by atoms with Crippen molar-refractivity contribution in [2.24, 2.45) is 0 Å². The standard InChI is InChI=1S/C18H21ClN2O4S/c1-4-18(3)7-12-10(9-25-18)6-11-14(21-13(22)8-19)15(17(23)24-5-2)26-16(11)20-12/h6H,4-5,7-9H2,1-3H3,(H,21,22). The molecule has 1 unspecified atom stereocenters. The van der Waals surface area contributed by atoms with Gasteiger partial charge in [0.15, 0.2) is 0 Å². The number of alkyl halides is 1. The number of esters is 1. The predicted molar refractivity (Wildman–Crippen MR) is 102 cm³/mol. The molecule has 3 heterocycles. The zero-order chi connectivity index (χ0) is 18.9. The number of hydrogen-bond acceptors (Lipinski definition) is 6. The highest BCUT2D eigenvalue weighted by molar-refractivity contribution is 7.21. The van der Waals surface area contributed by atoms with Crippen molar-refractivity contribution < 1.29 is 19.1 Å². The van der Waals surface area contributed by atoms with Crippen molar-refractivity contribution in [1.29, 1.82) is 0 Å². The van der Waals surface area contributed by atoms with Crippen LogP contribution in [0.25, 0.3) is 10.2 Å². The molecule has 0 aliphatic carbocycles. The van der Waals surface area contributed by atoms with Gasteiger partial charge in [-0.3, -0.25) is 4.79 Å². The van der Waals surface area contributed by atoms with Gasteiger partial charge in [0, 0.05) is 17.4 Å². The fourth-order valence-electron chi connectivity index (χ4n) is 2.90. The van der Waals surface area contributed by atoms with Gasteiger partial charge in [-0.2, -0.15) is 0 Å². The normalized spacial score (nSPS) is 19.2. The molecule has 1 N–H and O–H groups in total. The summed E-state index contributed by atoms with van der Waals surface area (Å²) < 4.78 is 11.1. The van der Waals surface area contributed by atoms with Crippen LogP contribution >= 0.6 is 22.9 Å². The van der Waals surface area contributed by atoms with E-state index in [4.69, 9.17) is 26.1 Å². The maximum atomic E-state index is 12.3. The Morgan fingerprint density at radius 1 is 1.46 bits per heavy atom. The molecule has 1 aliphatic heterocycles. The van der Waals surface area contributed by atoms with E-state index in [0.717, 1.165) is 17.7 Å². The Morgan fingerprint density at radius 2 is 2.23 bits per heavy atom. The summed E-state index contributed by atoms with van der Waals surface area (Å²) in [4.78, 5) is 29.9. The molecule has 0 saturated carbocycles. The smallest absolute Gasteiger partial charge is 0.350 e. The Labute approximate surface area is 160 Å². The lowest BCUT2D eigenvalue weighted by Crippen LogP contribution is -2.35. The maximum Gasteiger partial charge on any atom is 0.350 e. The summed E-state index contributed by atoms with van der Waals surface area (Å²) in [5.74, 6) is -1.06. The highest BCUT2D eigenvalue weighted by Crippen LogP contribution is 2.39. The Bertz CT molecular complexity index is 866. The average Bonchev–Trinajstić information content (AvgIpc) is 2.97. The third kappa shape index (κ3) is 3.56. The Morgan fingerprint density at radius 3 is 2.88 bits per heavy atom. The van der Waals surface area contributed by atoms with Crippen molar-refractivity contribution in [3.8, 4) is 0 Å². The number of amides is 1. The molecule has 2 aromatic heterocycles. The molecule has 0 saturated heterocycles. The highest BCUT2D eigenvalue weighted by Gasteiger charge is 2.31. The SMILES string of the molecule is CCOC(=O)c1sc2nc3c(cc2c1NC(=O)CCl)COC(C)(CC)C3. The minimum absolute atomic E-state index is 0.198. The van der Waals surface area contributed by atoms with E-state index < -0.39 is 5.97 Å². The summed E-state index contributed by atoms with van der Waals surface area (Å²) in [6.07, 6.45) is 1.60. The van der Waals surface area contributed by atoms with Gasteiger partial charge in [-0.25, -0.2) is 9.78 Å². The molecule has 0 spiro atoms. The first-order valence-electron chi connectivity index (χ1n) is 8.53. The molecule has 140 valence electrons. The van der Waals surface area contributed by atoms with Crippen molar-refractivity contribution in [3.05, 3.63) is 22.2 Å². The monoisotopic (exact) mass is 396 g/mol. The zero-order valence-electron chi connectivity index (χ0n) is 15.0. The molecule has 3 rings (SSSR count). The first-order chi connectivity index (χ1) is 12.4. The van der Waals surface area contributed by atoms with Crippen molar-refractivity contribution in [3.63, 3.8) is 0 Å². The van der Waals surface area contributed by atoms with Crippen LogP contribution in [0.5, 0.6) is 0 Å². The van der Waals surface area contributed by atoms with Crippen molar-refractivity contribution in [1.82, 2.24) is 4.98 Å². The highest BCUT2D eigenvalue weighted by atomic mass is 35.5. The van der Waals surface area contributed by atoms with E-state index in [1.165, 1.54) is 11.3 Å². The van der Waals surface area contributed by atoms with E-state index in [2.05, 4.69) is 19.2 Å². The molecule has 2 aromatic rings. The van der Waals surface area contributed by atoms with Crippen LogP contribution in [0, 0.1) is 0 Å². The molecule has 1 amide bonds. The molecule has 0 radical (unpaired) electrons. The zero-order valence-corrected chi connectivity index (χ0v) is 16.6. The number of ether oxygens (including phenoxy) is 2. The summed E-state index contributed by atoms with van der Waals surface area (Å²) >= 11 is 6.84. The van der Waals surface area contributed by atoms with E-state index in [1.807, 2.05) is 6.07 Å². The largest absolute Gasteiger partial charge is 0.462 e. The van der Waals surface area contributed by atoms with E-state index in [0.29, 0.717) is 33.8 Å². The van der Waals surface area contributed by atoms with Gasteiger partial charge in [0.1, 0.15) is 15.6 Å². The molecule has 0 bridgehead atoms. The van der Waals surface area contributed by atoms with Gasteiger partial charge in [0.2, 0.25) is 5.91 Å². The van der Waals surface area contributed by atoms with Crippen LogP contribution in [0.2, 0.25) is 0 Å². The van der Waals surface area contributed by atoms with Crippen LogP contribution in [-0.2, 0) is 27.3 Å². The minimum Gasteiger partial charge on any atom is -0.462 e. The first kappa shape index (κ1) is 19.1. The lowest BCUT2D eigenvalue weighted by Gasteiger charge is -2.33. The number of nitrogens with zero attached hydrogens (tertiary/aromatic N) is 1. The van der Waals surface area contributed by atoms with Crippen molar-refractivity contribution in [2.45, 2.75) is 45.8 Å². The van der Waals surface area contributed by atoms with Crippen molar-refractivity contribution in [2.75, 3.05) is 17.8 Å². The molecule has 1 atom stereocenters. The number of nitrogens with one attached hydrogen (secondary N) is 1. The lowest BCUT2D eigenvalue weighted by atomic mass is 9.91. The quantitative estimate of drug-likeness (QED) is 0.612. The maximum absolute atomic E-state index is 12.3. The Balaban J connectivity index is 2.11. The number of carbonyl (C=O) groups is 2. The summed E-state index contributed by atoms with van der Waals surface area (Å²) in [6.45, 7) is 6.61. The Hall–Kier alpha value is -1.70. The molecular weight excluding hydrogens is 376 g/mol. The number of fused-ring (bicyclic) bond motifs is 2. The lowest BCUT2D eigenvalue weighted by molar-refractivity contribution is -0.113. The molecule has 8 heteroatoms. The second-order valence-electron chi connectivity index (χ2n) is 6.42. The van der Waals surface area contributed by atoms with Crippen molar-refractivity contribution >= 4 is 50.7 Å². The van der Waals surface area contributed by atoms with E-state index in [-0.39, 0.29) is 24.0 Å². The molecule has 6 nitrogen and oxygen atoms in total. The van der Waals surface area contributed by atoms with E-state index in [9.17, 15) is 9.59 Å². The number of anilines is 1. The molecule has 0 aromatic carbocycles. The van der Waals surface area contributed by atoms with E-state index in [1.54, 1.807) is 6.92 Å². The number of aromatic nitrogens is 1. The number of rotatable bonds is 5. The third-order valence-corrected chi connectivity index (χ3v) is 5.89. The van der Waals surface area contributed by atoms with Crippen LogP contribution in [0.3, 0.4) is 0 Å². The average molecular weight is 397 g/mol. The molecule has 1 aliphatic rings.